The molecule has 16 heavy (non-hydrogen) atoms. The Labute approximate surface area is 95.7 Å². The second kappa shape index (κ2) is 5.43. The van der Waals surface area contributed by atoms with Gasteiger partial charge in [-0.15, -0.1) is 0 Å². The number of nitrogens with one attached hydrogen (secondary N) is 1. The van der Waals surface area contributed by atoms with E-state index in [1.165, 1.54) is 5.56 Å². The van der Waals surface area contributed by atoms with Crippen molar-refractivity contribution in [3.05, 3.63) is 18.0 Å². The largest absolute Gasteiger partial charge is 0.350 e. The van der Waals surface area contributed by atoms with Crippen molar-refractivity contribution in [2.24, 2.45) is 7.05 Å². The molecule has 90 valence electrons. The fraction of sp³-hybridized carbons (Fsp3) is 0.727. The van der Waals surface area contributed by atoms with E-state index in [0.717, 1.165) is 12.8 Å². The van der Waals surface area contributed by atoms with Crippen LogP contribution < -0.4 is 5.32 Å². The van der Waals surface area contributed by atoms with E-state index in [0.29, 0.717) is 19.3 Å². The second-order valence-electron chi connectivity index (χ2n) is 4.12. The second-order valence-corrected chi connectivity index (χ2v) is 4.12. The molecule has 0 bridgehead atoms. The number of rotatable bonds is 5. The monoisotopic (exact) mass is 225 g/mol. The zero-order valence-corrected chi connectivity index (χ0v) is 9.85. The lowest BCUT2D eigenvalue weighted by Crippen LogP contribution is -2.32. The van der Waals surface area contributed by atoms with Crippen LogP contribution in [-0.2, 0) is 22.9 Å². The van der Waals surface area contributed by atoms with Crippen molar-refractivity contribution < 1.29 is 9.47 Å². The third kappa shape index (κ3) is 3.04. The summed E-state index contributed by atoms with van der Waals surface area (Å²) >= 11 is 0. The molecule has 1 unspecified atom stereocenters. The van der Waals surface area contributed by atoms with Crippen LogP contribution in [0.1, 0.15) is 12.0 Å². The molecule has 0 aliphatic carbocycles. The molecule has 1 fully saturated rings. The van der Waals surface area contributed by atoms with Crippen molar-refractivity contribution in [2.45, 2.75) is 25.2 Å². The van der Waals surface area contributed by atoms with E-state index in [1.807, 2.05) is 31.2 Å². The smallest absolute Gasteiger partial charge is 0.159 e. The first-order valence-corrected chi connectivity index (χ1v) is 5.66. The number of hydrogen-bond acceptors (Lipinski definition) is 4. The molecule has 5 nitrogen and oxygen atoms in total. The molecule has 1 saturated heterocycles. The van der Waals surface area contributed by atoms with Crippen molar-refractivity contribution >= 4 is 0 Å². The van der Waals surface area contributed by atoms with Crippen LogP contribution in [0.3, 0.4) is 0 Å². The van der Waals surface area contributed by atoms with Gasteiger partial charge >= 0.3 is 0 Å². The molecule has 2 heterocycles. The lowest BCUT2D eigenvalue weighted by atomic mass is 10.1. The molecule has 1 aromatic heterocycles. The Morgan fingerprint density at radius 3 is 2.88 bits per heavy atom. The normalized spacial score (nSPS) is 19.1. The summed E-state index contributed by atoms with van der Waals surface area (Å²) in [6.07, 6.45) is 5.73. The van der Waals surface area contributed by atoms with Crippen molar-refractivity contribution in [1.82, 2.24) is 15.1 Å². The Balaban J connectivity index is 1.84. The van der Waals surface area contributed by atoms with E-state index in [9.17, 15) is 0 Å². The van der Waals surface area contributed by atoms with Gasteiger partial charge < -0.3 is 14.8 Å². The van der Waals surface area contributed by atoms with E-state index < -0.39 is 0 Å². The van der Waals surface area contributed by atoms with Crippen LogP contribution >= 0.6 is 0 Å². The van der Waals surface area contributed by atoms with Crippen LogP contribution in [0.2, 0.25) is 0 Å². The topological polar surface area (TPSA) is 48.3 Å². The summed E-state index contributed by atoms with van der Waals surface area (Å²) in [6.45, 7) is 1.43. The van der Waals surface area contributed by atoms with E-state index in [4.69, 9.17) is 9.47 Å². The third-order valence-electron chi connectivity index (χ3n) is 2.82. The number of likely N-dealkylation sites (N-methyl/N-ethyl adjacent to an activating group) is 1. The summed E-state index contributed by atoms with van der Waals surface area (Å²) in [5.74, 6) is 0. The predicted octanol–water partition coefficient (Wildman–Crippen LogP) is 0.314. The number of aromatic nitrogens is 2. The first-order chi connectivity index (χ1) is 7.78. The molecule has 0 spiro atoms. The summed E-state index contributed by atoms with van der Waals surface area (Å²) in [7, 11) is 3.90. The van der Waals surface area contributed by atoms with Crippen molar-refractivity contribution in [1.29, 1.82) is 0 Å². The SMILES string of the molecule is CNC(Cc1cnn(C)c1)CC1OCCO1. The molecule has 0 saturated carbocycles. The number of aryl methyl sites for hydroxylation is 1. The van der Waals surface area contributed by atoms with Gasteiger partial charge in [0.15, 0.2) is 6.29 Å². The Morgan fingerprint density at radius 2 is 2.31 bits per heavy atom. The Hall–Kier alpha value is -0.910. The maximum Gasteiger partial charge on any atom is 0.159 e. The third-order valence-corrected chi connectivity index (χ3v) is 2.82. The molecule has 1 atom stereocenters. The van der Waals surface area contributed by atoms with Crippen LogP contribution in [0, 0.1) is 0 Å². The number of nitrogens with zero attached hydrogens (tertiary/aromatic N) is 2. The van der Waals surface area contributed by atoms with Gasteiger partial charge in [0, 0.05) is 25.7 Å². The minimum atomic E-state index is -0.0471. The molecular weight excluding hydrogens is 206 g/mol. The quantitative estimate of drug-likeness (QED) is 0.783. The zero-order valence-electron chi connectivity index (χ0n) is 9.85. The van der Waals surface area contributed by atoms with E-state index in [2.05, 4.69) is 10.4 Å². The van der Waals surface area contributed by atoms with Crippen LogP contribution in [0.15, 0.2) is 12.4 Å². The van der Waals surface area contributed by atoms with E-state index in [-0.39, 0.29) is 6.29 Å². The minimum absolute atomic E-state index is 0.0471. The lowest BCUT2D eigenvalue weighted by Gasteiger charge is -2.18. The molecule has 1 aliphatic rings. The Morgan fingerprint density at radius 1 is 1.56 bits per heavy atom. The van der Waals surface area contributed by atoms with Gasteiger partial charge in [-0.25, -0.2) is 0 Å². The molecule has 0 aromatic carbocycles. The highest BCUT2D eigenvalue weighted by molar-refractivity contribution is 5.05. The zero-order chi connectivity index (χ0) is 11.4. The van der Waals surface area contributed by atoms with Crippen molar-refractivity contribution in [3.8, 4) is 0 Å². The van der Waals surface area contributed by atoms with Crippen LogP contribution in [0.5, 0.6) is 0 Å². The molecule has 0 amide bonds. The maximum atomic E-state index is 5.45. The maximum absolute atomic E-state index is 5.45. The summed E-state index contributed by atoms with van der Waals surface area (Å²) in [4.78, 5) is 0. The van der Waals surface area contributed by atoms with Gasteiger partial charge in [0.2, 0.25) is 0 Å². The number of hydrogen-bond donors (Lipinski definition) is 1. The molecule has 2 rings (SSSR count). The summed E-state index contributed by atoms with van der Waals surface area (Å²) < 4.78 is 12.7. The summed E-state index contributed by atoms with van der Waals surface area (Å²) in [5.41, 5.74) is 1.24. The lowest BCUT2D eigenvalue weighted by molar-refractivity contribution is -0.0522. The van der Waals surface area contributed by atoms with Gasteiger partial charge in [0.1, 0.15) is 0 Å². The van der Waals surface area contributed by atoms with Gasteiger partial charge in [-0.1, -0.05) is 0 Å². The van der Waals surface area contributed by atoms with Gasteiger partial charge in [-0.05, 0) is 19.0 Å². The average molecular weight is 225 g/mol. The van der Waals surface area contributed by atoms with Gasteiger partial charge in [-0.2, -0.15) is 5.10 Å². The van der Waals surface area contributed by atoms with Gasteiger partial charge in [-0.3, -0.25) is 4.68 Å². The Bertz CT molecular complexity index is 321. The van der Waals surface area contributed by atoms with Crippen molar-refractivity contribution in [3.63, 3.8) is 0 Å². The van der Waals surface area contributed by atoms with Crippen LogP contribution in [0.25, 0.3) is 0 Å². The van der Waals surface area contributed by atoms with Gasteiger partial charge in [0.25, 0.3) is 0 Å². The van der Waals surface area contributed by atoms with Crippen molar-refractivity contribution in [2.75, 3.05) is 20.3 Å². The fourth-order valence-electron chi connectivity index (χ4n) is 1.94. The molecule has 1 aromatic rings. The highest BCUT2D eigenvalue weighted by Crippen LogP contribution is 2.13. The highest BCUT2D eigenvalue weighted by Gasteiger charge is 2.20. The molecule has 5 heteroatoms. The average Bonchev–Trinajstić information content (AvgIpc) is 2.89. The first kappa shape index (κ1) is 11.6. The number of ether oxygens (including phenoxy) is 2. The molecule has 1 aliphatic heterocycles. The molecule has 1 N–H and O–H groups in total. The highest BCUT2D eigenvalue weighted by atomic mass is 16.7. The first-order valence-electron chi connectivity index (χ1n) is 5.66. The fourth-order valence-corrected chi connectivity index (χ4v) is 1.94. The van der Waals surface area contributed by atoms with Crippen LogP contribution in [-0.4, -0.2) is 42.4 Å². The van der Waals surface area contributed by atoms with Crippen LogP contribution in [0.4, 0.5) is 0 Å². The summed E-state index contributed by atoms with van der Waals surface area (Å²) in [5, 5.41) is 7.45. The summed E-state index contributed by atoms with van der Waals surface area (Å²) in [6, 6.07) is 0.368. The minimum Gasteiger partial charge on any atom is -0.350 e. The molecule has 0 radical (unpaired) electrons. The van der Waals surface area contributed by atoms with E-state index >= 15 is 0 Å². The predicted molar refractivity (Wildman–Crippen MR) is 60.1 cm³/mol. The van der Waals surface area contributed by atoms with E-state index in [1.54, 1.807) is 0 Å². The standard InChI is InChI=1S/C11H19N3O2/c1-12-10(6-11-15-3-4-16-11)5-9-7-13-14(2)8-9/h7-8,10-12H,3-6H2,1-2H3. The Kier molecular flexibility index (Phi) is 3.93. The molecular formula is C11H19N3O2. The van der Waals surface area contributed by atoms with Gasteiger partial charge in [0.05, 0.1) is 19.4 Å².